The number of H-pyrrole nitrogens is 1. The van der Waals surface area contributed by atoms with E-state index in [9.17, 15) is 26.7 Å². The molecule has 1 aliphatic carbocycles. The molecule has 2 unspecified atom stereocenters. The van der Waals surface area contributed by atoms with Crippen LogP contribution >= 0.6 is 0 Å². The van der Waals surface area contributed by atoms with Crippen LogP contribution in [0.25, 0.3) is 0 Å². The summed E-state index contributed by atoms with van der Waals surface area (Å²) in [5.74, 6) is -0.985. The Hall–Kier alpha value is -2.31. The number of nitrogens with zero attached hydrogens (tertiary/aromatic N) is 1. The van der Waals surface area contributed by atoms with Crippen molar-refractivity contribution < 1.29 is 26.7 Å². The second-order valence-corrected chi connectivity index (χ2v) is 9.86. The molecule has 3 rings (SSSR count). The van der Waals surface area contributed by atoms with E-state index in [0.29, 0.717) is 11.3 Å². The average molecular weight is 443 g/mol. The van der Waals surface area contributed by atoms with Gasteiger partial charge >= 0.3 is 6.18 Å². The lowest BCUT2D eigenvalue weighted by Gasteiger charge is -2.36. The van der Waals surface area contributed by atoms with Crippen LogP contribution in [0.3, 0.4) is 0 Å². The van der Waals surface area contributed by atoms with Gasteiger partial charge in [-0.2, -0.15) is 18.4 Å². The van der Waals surface area contributed by atoms with Crippen molar-refractivity contribution in [3.8, 4) is 6.07 Å². The number of rotatable bonds is 2. The molecular formula is C21H25F3N2O3S. The number of aromatic nitrogens is 1. The Balaban J connectivity index is 0.000000269. The summed E-state index contributed by atoms with van der Waals surface area (Å²) in [4.78, 5) is 2.87. The smallest absolute Gasteiger partial charge is 0.380 e. The molecule has 1 aliphatic rings. The Morgan fingerprint density at radius 1 is 1.23 bits per heavy atom. The number of aryl methyl sites for hydroxylation is 2. The van der Waals surface area contributed by atoms with E-state index in [2.05, 4.69) is 11.1 Å². The number of sulfone groups is 1. The summed E-state index contributed by atoms with van der Waals surface area (Å²) in [6, 6.07) is 7.79. The number of benzene rings is 1. The largest absolute Gasteiger partial charge is 0.417 e. The molecule has 5 nitrogen and oxygen atoms in total. The van der Waals surface area contributed by atoms with E-state index in [0.717, 1.165) is 18.7 Å². The molecule has 2 N–H and O–H groups in total. The quantitative estimate of drug-likeness (QED) is 0.735. The van der Waals surface area contributed by atoms with Crippen LogP contribution in [0.5, 0.6) is 0 Å². The van der Waals surface area contributed by atoms with Crippen molar-refractivity contribution in [1.29, 1.82) is 5.26 Å². The normalized spacial score (nSPS) is 18.4. The molecule has 2 aromatic rings. The van der Waals surface area contributed by atoms with E-state index in [1.165, 1.54) is 17.3 Å². The van der Waals surface area contributed by atoms with E-state index in [1.54, 1.807) is 0 Å². The molecule has 9 heteroatoms. The zero-order valence-electron chi connectivity index (χ0n) is 17.3. The van der Waals surface area contributed by atoms with Gasteiger partial charge in [-0.3, -0.25) is 0 Å². The first-order chi connectivity index (χ1) is 13.7. The monoisotopic (exact) mass is 442 g/mol. The second kappa shape index (κ2) is 8.44. The van der Waals surface area contributed by atoms with Crippen LogP contribution in [0, 0.1) is 31.1 Å². The number of aliphatic hydroxyl groups is 1. The van der Waals surface area contributed by atoms with Crippen molar-refractivity contribution >= 4 is 9.84 Å². The van der Waals surface area contributed by atoms with E-state index < -0.39 is 27.5 Å². The number of aromatic amines is 1. The molecule has 0 amide bonds. The molecule has 0 radical (unpaired) electrons. The van der Waals surface area contributed by atoms with Gasteiger partial charge in [0.15, 0.2) is 15.4 Å². The molecule has 0 saturated heterocycles. The molecule has 1 aromatic heterocycles. The van der Waals surface area contributed by atoms with Crippen LogP contribution in [-0.4, -0.2) is 36.5 Å². The van der Waals surface area contributed by atoms with E-state index in [1.807, 2.05) is 32.0 Å². The molecule has 0 saturated carbocycles. The predicted octanol–water partition coefficient (Wildman–Crippen LogP) is 4.01. The van der Waals surface area contributed by atoms with E-state index >= 15 is 0 Å². The number of hydrogen-bond donors (Lipinski definition) is 2. The number of halogens is 3. The maximum absolute atomic E-state index is 12.8. The average Bonchev–Trinajstić information content (AvgIpc) is 3.07. The van der Waals surface area contributed by atoms with E-state index in [4.69, 9.17) is 5.26 Å². The van der Waals surface area contributed by atoms with Crippen molar-refractivity contribution in [3.05, 3.63) is 52.3 Å². The molecule has 164 valence electrons. The minimum absolute atomic E-state index is 0.0165. The lowest BCUT2D eigenvalue weighted by Crippen LogP contribution is -2.50. The van der Waals surface area contributed by atoms with Gasteiger partial charge < -0.3 is 10.1 Å². The standard InChI is InChI=1S/C12H16F3NO3S.C9H9N/c1-11(17,12(13,14)15)7-3-4-8-9(5-7)16-6-10(8)20(2,18)19;1-7-3-4-9(6-10)5-8(7)2/h6-7,16-17H,3-5H2,1-2H3;3-5H,1-2H3. The van der Waals surface area contributed by atoms with Gasteiger partial charge in [0, 0.05) is 24.1 Å². The van der Waals surface area contributed by atoms with Gasteiger partial charge in [0.2, 0.25) is 0 Å². The molecule has 0 aliphatic heterocycles. The van der Waals surface area contributed by atoms with Crippen LogP contribution < -0.4 is 0 Å². The first-order valence-corrected chi connectivity index (χ1v) is 11.2. The Morgan fingerprint density at radius 3 is 2.37 bits per heavy atom. The molecule has 2 atom stereocenters. The molecule has 0 fully saturated rings. The van der Waals surface area contributed by atoms with E-state index in [-0.39, 0.29) is 24.2 Å². The first kappa shape index (κ1) is 24.0. The van der Waals surface area contributed by atoms with Gasteiger partial charge in [-0.05, 0) is 68.9 Å². The lowest BCUT2D eigenvalue weighted by molar-refractivity contribution is -0.273. The summed E-state index contributed by atoms with van der Waals surface area (Å²) < 4.78 is 61.6. The number of nitriles is 1. The zero-order chi connectivity index (χ0) is 22.9. The van der Waals surface area contributed by atoms with Crippen LogP contribution in [0.4, 0.5) is 13.2 Å². The topological polar surface area (TPSA) is 93.9 Å². The highest BCUT2D eigenvalue weighted by atomic mass is 32.2. The fraction of sp³-hybridized carbons (Fsp3) is 0.476. The fourth-order valence-electron chi connectivity index (χ4n) is 3.45. The minimum Gasteiger partial charge on any atom is -0.380 e. The molecule has 0 spiro atoms. The highest BCUT2D eigenvalue weighted by molar-refractivity contribution is 7.90. The van der Waals surface area contributed by atoms with Crippen molar-refractivity contribution in [2.75, 3.05) is 6.26 Å². The summed E-state index contributed by atoms with van der Waals surface area (Å²) >= 11 is 0. The Labute approximate surface area is 174 Å². The minimum atomic E-state index is -4.71. The Kier molecular flexibility index (Phi) is 6.74. The molecule has 0 bridgehead atoms. The Bertz CT molecular complexity index is 1060. The SMILES string of the molecule is CC(O)(C1CCc2c(S(C)(=O)=O)c[nH]c2C1)C(F)(F)F.Cc1ccc(C#N)cc1C. The number of alkyl halides is 3. The van der Waals surface area contributed by atoms with Crippen LogP contribution in [-0.2, 0) is 22.7 Å². The number of hydrogen-bond acceptors (Lipinski definition) is 4. The maximum atomic E-state index is 12.8. The predicted molar refractivity (Wildman–Crippen MR) is 107 cm³/mol. The van der Waals surface area contributed by atoms with Gasteiger partial charge in [-0.15, -0.1) is 0 Å². The van der Waals surface area contributed by atoms with Gasteiger partial charge in [-0.1, -0.05) is 6.07 Å². The maximum Gasteiger partial charge on any atom is 0.417 e. The first-order valence-electron chi connectivity index (χ1n) is 9.34. The number of fused-ring (bicyclic) bond motifs is 1. The van der Waals surface area contributed by atoms with Crippen LogP contribution in [0.1, 0.15) is 41.3 Å². The van der Waals surface area contributed by atoms with Crippen LogP contribution in [0.2, 0.25) is 0 Å². The summed E-state index contributed by atoms with van der Waals surface area (Å²) in [5, 5.41) is 18.2. The van der Waals surface area contributed by atoms with Crippen molar-refractivity contribution in [1.82, 2.24) is 4.98 Å². The molecule has 1 heterocycles. The highest BCUT2D eigenvalue weighted by Crippen LogP contribution is 2.42. The summed E-state index contributed by atoms with van der Waals surface area (Å²) in [5.41, 5.74) is 1.38. The highest BCUT2D eigenvalue weighted by Gasteiger charge is 2.55. The Morgan fingerprint density at radius 2 is 1.87 bits per heavy atom. The van der Waals surface area contributed by atoms with Gasteiger partial charge in [0.05, 0.1) is 16.5 Å². The molecule has 1 aromatic carbocycles. The van der Waals surface area contributed by atoms with Crippen molar-refractivity contribution in [3.63, 3.8) is 0 Å². The summed E-state index contributed by atoms with van der Waals surface area (Å²) in [6.45, 7) is 4.82. The third kappa shape index (κ3) is 5.05. The fourth-order valence-corrected chi connectivity index (χ4v) is 4.40. The zero-order valence-corrected chi connectivity index (χ0v) is 18.1. The summed E-state index contributed by atoms with van der Waals surface area (Å²) in [7, 11) is -3.40. The second-order valence-electron chi connectivity index (χ2n) is 7.88. The van der Waals surface area contributed by atoms with Gasteiger partial charge in [0.1, 0.15) is 0 Å². The molecular weight excluding hydrogens is 417 g/mol. The van der Waals surface area contributed by atoms with Gasteiger partial charge in [0.25, 0.3) is 0 Å². The van der Waals surface area contributed by atoms with Crippen molar-refractivity contribution in [2.24, 2.45) is 5.92 Å². The number of nitrogens with one attached hydrogen (secondary N) is 1. The third-order valence-electron chi connectivity index (χ3n) is 5.64. The summed E-state index contributed by atoms with van der Waals surface area (Å²) in [6.07, 6.45) is -2.05. The lowest BCUT2D eigenvalue weighted by atomic mass is 9.77. The third-order valence-corrected chi connectivity index (χ3v) is 6.80. The van der Waals surface area contributed by atoms with Gasteiger partial charge in [-0.25, -0.2) is 8.42 Å². The van der Waals surface area contributed by atoms with Crippen LogP contribution in [0.15, 0.2) is 29.3 Å². The molecule has 30 heavy (non-hydrogen) atoms. The van der Waals surface area contributed by atoms with Crippen molar-refractivity contribution in [2.45, 2.75) is 56.7 Å².